The third-order valence-electron chi connectivity index (χ3n) is 4.15. The molecule has 2 rings (SSSR count). The van der Waals surface area contributed by atoms with Crippen molar-refractivity contribution in [1.29, 1.82) is 0 Å². The summed E-state index contributed by atoms with van der Waals surface area (Å²) in [5, 5.41) is 1.58. The van der Waals surface area contributed by atoms with E-state index in [2.05, 4.69) is 4.74 Å². The molecule has 0 aliphatic heterocycles. The summed E-state index contributed by atoms with van der Waals surface area (Å²) in [5.74, 6) is -2.10. The van der Waals surface area contributed by atoms with E-state index in [1.807, 2.05) is 0 Å². The summed E-state index contributed by atoms with van der Waals surface area (Å²) in [6.07, 6.45) is -10.6. The van der Waals surface area contributed by atoms with Gasteiger partial charge in [-0.05, 0) is 44.2 Å². The van der Waals surface area contributed by atoms with Gasteiger partial charge >= 0.3 is 18.3 Å². The van der Waals surface area contributed by atoms with Crippen LogP contribution in [0.5, 0.6) is 0 Å². The van der Waals surface area contributed by atoms with Gasteiger partial charge in [-0.25, -0.2) is 13.2 Å². The maximum Gasteiger partial charge on any atom is 0.437 e. The maximum atomic E-state index is 14.2. The minimum absolute atomic E-state index is 0.305. The minimum Gasteiger partial charge on any atom is -0.463 e. The molecular weight excluding hydrogens is 466 g/mol. The molecule has 13 heteroatoms. The molecule has 0 spiro atoms. The van der Waals surface area contributed by atoms with Gasteiger partial charge in [0, 0.05) is 5.69 Å². The molecule has 0 bridgehead atoms. The number of nitrogens with one attached hydrogen (secondary N) is 2. The van der Waals surface area contributed by atoms with Gasteiger partial charge in [-0.2, -0.15) is 31.1 Å². The van der Waals surface area contributed by atoms with Crippen molar-refractivity contribution in [2.75, 3.05) is 11.9 Å². The lowest BCUT2D eigenvalue weighted by Crippen LogP contribution is -2.69. The van der Waals surface area contributed by atoms with Crippen molar-refractivity contribution < 1.29 is 44.3 Å². The molecule has 0 amide bonds. The molecule has 2 aromatic carbocycles. The summed E-state index contributed by atoms with van der Waals surface area (Å²) in [7, 11) is -5.00. The molecule has 2 N–H and O–H groups in total. The lowest BCUT2D eigenvalue weighted by molar-refractivity contribution is -0.202. The van der Waals surface area contributed by atoms with E-state index >= 15 is 0 Å². The number of ether oxygens (including phenoxy) is 1. The van der Waals surface area contributed by atoms with Crippen LogP contribution < -0.4 is 10.0 Å². The number of benzene rings is 2. The van der Waals surface area contributed by atoms with Crippen molar-refractivity contribution in [3.8, 4) is 0 Å². The van der Waals surface area contributed by atoms with Gasteiger partial charge in [0.05, 0.1) is 17.1 Å². The predicted octanol–water partition coefficient (Wildman–Crippen LogP) is 4.23. The van der Waals surface area contributed by atoms with Gasteiger partial charge < -0.3 is 10.1 Å². The van der Waals surface area contributed by atoms with E-state index in [1.54, 1.807) is 12.2 Å². The summed E-state index contributed by atoms with van der Waals surface area (Å²) in [6.45, 7) is 2.22. The zero-order chi connectivity index (χ0) is 24.4. The number of esters is 1. The average Bonchev–Trinajstić information content (AvgIpc) is 2.66. The Morgan fingerprint density at radius 3 is 2.09 bits per heavy atom. The van der Waals surface area contributed by atoms with Crippen LogP contribution in [-0.4, -0.2) is 32.8 Å². The minimum atomic E-state index is -5.66. The van der Waals surface area contributed by atoms with Crippen LogP contribution in [-0.2, 0) is 25.7 Å². The Morgan fingerprint density at radius 2 is 1.59 bits per heavy atom. The van der Waals surface area contributed by atoms with Crippen molar-refractivity contribution in [2.45, 2.75) is 36.8 Å². The van der Waals surface area contributed by atoms with Gasteiger partial charge in [-0.15, -0.1) is 0 Å². The number of hydrogen-bond donors (Lipinski definition) is 2. The first-order chi connectivity index (χ1) is 14.6. The fourth-order valence-electron chi connectivity index (χ4n) is 2.57. The van der Waals surface area contributed by atoms with Gasteiger partial charge in [0.2, 0.25) is 10.0 Å². The first-order valence-electron chi connectivity index (χ1n) is 8.92. The highest BCUT2D eigenvalue weighted by Gasteiger charge is 2.64. The van der Waals surface area contributed by atoms with Crippen molar-refractivity contribution in [3.05, 3.63) is 59.7 Å². The SMILES string of the molecule is CCOC(=O)[C@](Nc1cccc(C(F)(F)F)c1)(NS(=O)(=O)c1ccc(C)cc1)C(F)(F)F. The van der Waals surface area contributed by atoms with E-state index in [1.165, 1.54) is 23.8 Å². The zero-order valence-electron chi connectivity index (χ0n) is 16.6. The molecule has 6 nitrogen and oxygen atoms in total. The van der Waals surface area contributed by atoms with E-state index in [4.69, 9.17) is 0 Å². The number of halogens is 6. The summed E-state index contributed by atoms with van der Waals surface area (Å²) in [5.41, 5.74) is -5.64. The fourth-order valence-corrected chi connectivity index (χ4v) is 3.84. The number of aryl methyl sites for hydroxylation is 1. The highest BCUT2D eigenvalue weighted by atomic mass is 32.2. The molecule has 0 aromatic heterocycles. The van der Waals surface area contributed by atoms with Crippen LogP contribution in [0.15, 0.2) is 53.4 Å². The number of anilines is 1. The second-order valence-electron chi connectivity index (χ2n) is 6.59. The van der Waals surface area contributed by atoms with E-state index in [0.29, 0.717) is 17.7 Å². The quantitative estimate of drug-likeness (QED) is 0.349. The van der Waals surface area contributed by atoms with Gasteiger partial charge in [-0.1, -0.05) is 23.8 Å². The second kappa shape index (κ2) is 8.98. The summed E-state index contributed by atoms with van der Waals surface area (Å²) in [6, 6.07) is 7.16. The molecule has 0 aliphatic carbocycles. The van der Waals surface area contributed by atoms with Crippen molar-refractivity contribution in [1.82, 2.24) is 4.72 Å². The monoisotopic (exact) mass is 484 g/mol. The molecule has 0 saturated carbocycles. The number of carbonyl (C=O) groups excluding carboxylic acids is 1. The third-order valence-corrected chi connectivity index (χ3v) is 5.61. The molecule has 0 unspecified atom stereocenters. The fraction of sp³-hybridized carbons (Fsp3) is 0.316. The highest BCUT2D eigenvalue weighted by Crippen LogP contribution is 2.36. The van der Waals surface area contributed by atoms with Gasteiger partial charge in [0.15, 0.2) is 0 Å². The van der Waals surface area contributed by atoms with Crippen molar-refractivity contribution >= 4 is 21.7 Å². The Morgan fingerprint density at radius 1 is 1.00 bits per heavy atom. The molecular formula is C19H18F6N2O4S. The normalized spacial score (nSPS) is 14.5. The van der Waals surface area contributed by atoms with Crippen LogP contribution in [0.2, 0.25) is 0 Å². The second-order valence-corrected chi connectivity index (χ2v) is 8.27. The topological polar surface area (TPSA) is 84.5 Å². The van der Waals surface area contributed by atoms with Crippen LogP contribution in [0.4, 0.5) is 32.0 Å². The van der Waals surface area contributed by atoms with Gasteiger partial charge in [0.1, 0.15) is 0 Å². The van der Waals surface area contributed by atoms with Crippen LogP contribution in [0.1, 0.15) is 18.1 Å². The Hall–Kier alpha value is -2.80. The number of alkyl halides is 6. The summed E-state index contributed by atoms with van der Waals surface area (Å²) < 4.78 is 113. The number of carbonyl (C=O) groups is 1. The lowest BCUT2D eigenvalue weighted by atomic mass is 10.1. The van der Waals surface area contributed by atoms with Crippen molar-refractivity contribution in [2.24, 2.45) is 0 Å². The molecule has 0 saturated heterocycles. The Bertz CT molecular complexity index is 1070. The molecule has 2 aromatic rings. The van der Waals surface area contributed by atoms with Crippen LogP contribution in [0.3, 0.4) is 0 Å². The summed E-state index contributed by atoms with van der Waals surface area (Å²) in [4.78, 5) is 11.8. The first-order valence-corrected chi connectivity index (χ1v) is 10.4. The molecule has 0 radical (unpaired) electrons. The van der Waals surface area contributed by atoms with Gasteiger partial charge in [0.25, 0.3) is 5.66 Å². The van der Waals surface area contributed by atoms with Crippen LogP contribution in [0.25, 0.3) is 0 Å². The van der Waals surface area contributed by atoms with E-state index < -0.39 is 56.8 Å². The predicted molar refractivity (Wildman–Crippen MR) is 102 cm³/mol. The molecule has 1 atom stereocenters. The molecule has 176 valence electrons. The highest BCUT2D eigenvalue weighted by molar-refractivity contribution is 7.89. The molecule has 0 heterocycles. The molecule has 0 aliphatic rings. The number of hydrogen-bond acceptors (Lipinski definition) is 5. The largest absolute Gasteiger partial charge is 0.463 e. The smallest absolute Gasteiger partial charge is 0.437 e. The Labute approximate surface area is 179 Å². The van der Waals surface area contributed by atoms with E-state index in [9.17, 15) is 39.6 Å². The van der Waals surface area contributed by atoms with Gasteiger partial charge in [-0.3, -0.25) is 0 Å². The van der Waals surface area contributed by atoms with E-state index in [-0.39, 0.29) is 0 Å². The average molecular weight is 484 g/mol. The summed E-state index contributed by atoms with van der Waals surface area (Å²) >= 11 is 0. The lowest BCUT2D eigenvalue weighted by Gasteiger charge is -2.35. The number of rotatable bonds is 7. The van der Waals surface area contributed by atoms with Crippen molar-refractivity contribution in [3.63, 3.8) is 0 Å². The number of sulfonamides is 1. The maximum absolute atomic E-state index is 14.2. The Balaban J connectivity index is 2.64. The molecule has 0 fully saturated rings. The van der Waals surface area contributed by atoms with E-state index in [0.717, 1.165) is 24.3 Å². The first kappa shape index (κ1) is 25.5. The Kier molecular flexibility index (Phi) is 7.15. The standard InChI is InChI=1S/C19H18F6N2O4S/c1-3-31-16(28)17(19(23,24)25,26-14-6-4-5-13(11-14)18(20,21)22)27-32(29,30)15-9-7-12(2)8-10-15/h4-11,26-27H,3H2,1-2H3/t17-/m0/s1. The molecule has 32 heavy (non-hydrogen) atoms. The zero-order valence-corrected chi connectivity index (χ0v) is 17.5. The van der Waals surface area contributed by atoms with Crippen LogP contribution in [0, 0.1) is 6.92 Å². The third kappa shape index (κ3) is 5.51. The van der Waals surface area contributed by atoms with Crippen LogP contribution >= 0.6 is 0 Å².